The molecule has 0 aromatic carbocycles. The van der Waals surface area contributed by atoms with Crippen molar-refractivity contribution in [1.29, 1.82) is 5.41 Å². The third kappa shape index (κ3) is 3.59. The highest BCUT2D eigenvalue weighted by atomic mass is 16.4. The summed E-state index contributed by atoms with van der Waals surface area (Å²) in [6.07, 6.45) is -0.171. The van der Waals surface area contributed by atoms with Crippen LogP contribution in [0.4, 0.5) is 0 Å². The van der Waals surface area contributed by atoms with Crippen LogP contribution in [0.3, 0.4) is 0 Å². The van der Waals surface area contributed by atoms with E-state index >= 15 is 0 Å². The minimum Gasteiger partial charge on any atom is -0.477 e. The SMILES string of the molecule is N=C(CCC(N)=O)C(=O)O. The Morgan fingerprint density at radius 1 is 1.40 bits per heavy atom. The van der Waals surface area contributed by atoms with Gasteiger partial charge in [-0.25, -0.2) is 4.79 Å². The standard InChI is InChI=1S/C5H8N2O3/c6-3(5(9)10)1-2-4(7)8/h6H,1-2H2,(H2,7,8)(H,9,10). The average Bonchev–Trinajstić information content (AvgIpc) is 1.82. The molecule has 0 aromatic heterocycles. The zero-order chi connectivity index (χ0) is 8.15. The van der Waals surface area contributed by atoms with E-state index in [2.05, 4.69) is 0 Å². The first kappa shape index (κ1) is 8.61. The smallest absolute Gasteiger partial charge is 0.349 e. The van der Waals surface area contributed by atoms with Crippen LogP contribution in [0, 0.1) is 5.41 Å². The van der Waals surface area contributed by atoms with E-state index in [9.17, 15) is 9.59 Å². The van der Waals surface area contributed by atoms with Crippen LogP contribution in [-0.4, -0.2) is 22.7 Å². The highest BCUT2D eigenvalue weighted by Gasteiger charge is 2.06. The Hall–Kier alpha value is -1.39. The normalized spacial score (nSPS) is 8.80. The summed E-state index contributed by atoms with van der Waals surface area (Å²) in [5.74, 6) is -1.90. The molecule has 0 radical (unpaired) electrons. The molecule has 5 nitrogen and oxygen atoms in total. The maximum atomic E-state index is 10.1. The lowest BCUT2D eigenvalue weighted by Crippen LogP contribution is -2.16. The summed E-state index contributed by atoms with van der Waals surface area (Å²) in [6.45, 7) is 0. The quantitative estimate of drug-likeness (QED) is 0.457. The van der Waals surface area contributed by atoms with Gasteiger partial charge in [0.05, 0.1) is 0 Å². The molecule has 0 aliphatic heterocycles. The maximum absolute atomic E-state index is 10.1. The minimum atomic E-state index is -1.30. The van der Waals surface area contributed by atoms with Crippen molar-refractivity contribution in [2.75, 3.05) is 0 Å². The summed E-state index contributed by atoms with van der Waals surface area (Å²) in [5, 5.41) is 14.8. The number of carbonyl (C=O) groups is 2. The molecule has 0 saturated carbocycles. The van der Waals surface area contributed by atoms with E-state index in [1.807, 2.05) is 0 Å². The van der Waals surface area contributed by atoms with Crippen molar-refractivity contribution in [3.8, 4) is 0 Å². The Kier molecular flexibility index (Phi) is 3.10. The van der Waals surface area contributed by atoms with Crippen LogP contribution in [-0.2, 0) is 9.59 Å². The monoisotopic (exact) mass is 144 g/mol. The molecule has 0 aromatic rings. The minimum absolute atomic E-state index is 0.0782. The lowest BCUT2D eigenvalue weighted by molar-refractivity contribution is -0.129. The van der Waals surface area contributed by atoms with Crippen molar-refractivity contribution >= 4 is 17.6 Å². The van der Waals surface area contributed by atoms with Gasteiger partial charge < -0.3 is 10.8 Å². The zero-order valence-electron chi connectivity index (χ0n) is 5.26. The van der Waals surface area contributed by atoms with Gasteiger partial charge in [0, 0.05) is 12.8 Å². The number of carbonyl (C=O) groups excluding carboxylic acids is 1. The summed E-state index contributed by atoms with van der Waals surface area (Å²) in [5.41, 5.74) is 4.23. The van der Waals surface area contributed by atoms with Gasteiger partial charge in [0.25, 0.3) is 0 Å². The van der Waals surface area contributed by atoms with Crippen LogP contribution in [0.25, 0.3) is 0 Å². The molecular weight excluding hydrogens is 136 g/mol. The van der Waals surface area contributed by atoms with Gasteiger partial charge >= 0.3 is 5.97 Å². The predicted molar refractivity (Wildman–Crippen MR) is 33.8 cm³/mol. The van der Waals surface area contributed by atoms with Crippen molar-refractivity contribution in [2.24, 2.45) is 5.73 Å². The molecule has 0 saturated heterocycles. The van der Waals surface area contributed by atoms with E-state index in [1.54, 1.807) is 0 Å². The highest BCUT2D eigenvalue weighted by Crippen LogP contribution is 1.89. The third-order valence-electron chi connectivity index (χ3n) is 0.880. The molecule has 10 heavy (non-hydrogen) atoms. The van der Waals surface area contributed by atoms with Crippen LogP contribution in [0.1, 0.15) is 12.8 Å². The molecule has 0 heterocycles. The van der Waals surface area contributed by atoms with Crippen LogP contribution in [0.2, 0.25) is 0 Å². The van der Waals surface area contributed by atoms with Crippen molar-refractivity contribution < 1.29 is 14.7 Å². The fraction of sp³-hybridized carbons (Fsp3) is 0.400. The molecule has 1 amide bonds. The number of aliphatic carboxylic acids is 1. The number of hydrogen-bond donors (Lipinski definition) is 3. The van der Waals surface area contributed by atoms with Crippen molar-refractivity contribution in [3.63, 3.8) is 0 Å². The second kappa shape index (κ2) is 3.60. The molecule has 0 unspecified atom stereocenters. The van der Waals surface area contributed by atoms with E-state index in [0.29, 0.717) is 0 Å². The Morgan fingerprint density at radius 2 is 1.90 bits per heavy atom. The number of primary amides is 1. The van der Waals surface area contributed by atoms with Gasteiger partial charge in [-0.3, -0.25) is 10.2 Å². The summed E-state index contributed by atoms with van der Waals surface area (Å²) >= 11 is 0. The zero-order valence-corrected chi connectivity index (χ0v) is 5.26. The Balaban J connectivity index is 3.60. The van der Waals surface area contributed by atoms with Gasteiger partial charge in [-0.15, -0.1) is 0 Å². The molecular formula is C5H8N2O3. The van der Waals surface area contributed by atoms with E-state index < -0.39 is 17.6 Å². The lowest BCUT2D eigenvalue weighted by atomic mass is 10.2. The van der Waals surface area contributed by atoms with Crippen molar-refractivity contribution in [1.82, 2.24) is 0 Å². The number of amides is 1. The summed E-state index contributed by atoms with van der Waals surface area (Å²) in [7, 11) is 0. The number of carboxylic acids is 1. The van der Waals surface area contributed by atoms with Crippen LogP contribution < -0.4 is 5.73 Å². The number of nitrogens with two attached hydrogens (primary N) is 1. The van der Waals surface area contributed by atoms with Crippen LogP contribution in [0.15, 0.2) is 0 Å². The molecule has 5 heteroatoms. The first-order chi connectivity index (χ1) is 4.54. The molecule has 0 spiro atoms. The maximum Gasteiger partial charge on any atom is 0.349 e. The van der Waals surface area contributed by atoms with Crippen molar-refractivity contribution in [2.45, 2.75) is 12.8 Å². The van der Waals surface area contributed by atoms with Crippen LogP contribution in [0.5, 0.6) is 0 Å². The molecule has 4 N–H and O–H groups in total. The number of carboxylic acid groups (broad SMARTS) is 1. The molecule has 0 atom stereocenters. The van der Waals surface area contributed by atoms with Gasteiger partial charge in [0.2, 0.25) is 5.91 Å². The Bertz CT molecular complexity index is 176. The fourth-order valence-electron chi connectivity index (χ4n) is 0.355. The molecule has 0 fully saturated rings. The largest absolute Gasteiger partial charge is 0.477 e. The second-order valence-electron chi connectivity index (χ2n) is 1.75. The van der Waals surface area contributed by atoms with E-state index in [0.717, 1.165) is 0 Å². The highest BCUT2D eigenvalue weighted by molar-refractivity contribution is 6.34. The fourth-order valence-corrected chi connectivity index (χ4v) is 0.355. The first-order valence-corrected chi connectivity index (χ1v) is 2.63. The second-order valence-corrected chi connectivity index (χ2v) is 1.75. The molecule has 0 bridgehead atoms. The Labute approximate surface area is 57.3 Å². The van der Waals surface area contributed by atoms with Crippen LogP contribution >= 0.6 is 0 Å². The summed E-state index contributed by atoms with van der Waals surface area (Å²) < 4.78 is 0. The van der Waals surface area contributed by atoms with Gasteiger partial charge in [-0.1, -0.05) is 0 Å². The third-order valence-corrected chi connectivity index (χ3v) is 0.880. The molecule has 56 valence electrons. The first-order valence-electron chi connectivity index (χ1n) is 2.63. The van der Waals surface area contributed by atoms with Gasteiger partial charge in [-0.05, 0) is 0 Å². The van der Waals surface area contributed by atoms with E-state index in [-0.39, 0.29) is 12.8 Å². The lowest BCUT2D eigenvalue weighted by Gasteiger charge is -1.93. The van der Waals surface area contributed by atoms with Gasteiger partial charge in [-0.2, -0.15) is 0 Å². The summed E-state index contributed by atoms with van der Waals surface area (Å²) in [6, 6.07) is 0. The average molecular weight is 144 g/mol. The number of rotatable bonds is 4. The van der Waals surface area contributed by atoms with Gasteiger partial charge in [0.1, 0.15) is 5.71 Å². The van der Waals surface area contributed by atoms with E-state index in [1.165, 1.54) is 0 Å². The molecule has 0 aliphatic rings. The molecule has 0 aliphatic carbocycles. The Morgan fingerprint density at radius 3 is 2.20 bits per heavy atom. The van der Waals surface area contributed by atoms with E-state index in [4.69, 9.17) is 16.2 Å². The predicted octanol–water partition coefficient (Wildman–Crippen LogP) is -0.644. The number of nitrogens with one attached hydrogen (secondary N) is 1. The topological polar surface area (TPSA) is 104 Å². The van der Waals surface area contributed by atoms with Gasteiger partial charge in [0.15, 0.2) is 0 Å². The summed E-state index contributed by atoms with van der Waals surface area (Å²) in [4.78, 5) is 20.0. The van der Waals surface area contributed by atoms with Crippen molar-refractivity contribution in [3.05, 3.63) is 0 Å². The number of hydrogen-bond acceptors (Lipinski definition) is 3. The molecule has 0 rings (SSSR count).